The molecule has 5 rings (SSSR count). The fourth-order valence-electron chi connectivity index (χ4n) is 8.58. The summed E-state index contributed by atoms with van der Waals surface area (Å²) in [4.78, 5) is 74.5. The number of nitrogens with zero attached hydrogens (tertiary/aromatic N) is 3. The number of benzene rings is 3. The highest BCUT2D eigenvalue weighted by Gasteiger charge is 2.41. The summed E-state index contributed by atoms with van der Waals surface area (Å²) in [7, 11) is 1.54. The second kappa shape index (κ2) is 23.2. The van der Waals surface area contributed by atoms with E-state index < -0.39 is 41.6 Å². The number of amides is 3. The summed E-state index contributed by atoms with van der Waals surface area (Å²) < 4.78 is 12.3. The smallest absolute Gasteiger partial charge is 0.254 e. The van der Waals surface area contributed by atoms with Crippen LogP contribution in [0.1, 0.15) is 110 Å². The molecule has 14 heteroatoms. The van der Waals surface area contributed by atoms with Crippen LogP contribution in [0, 0.1) is 24.2 Å². The maximum absolute atomic E-state index is 15.0. The van der Waals surface area contributed by atoms with Crippen molar-refractivity contribution in [3.8, 4) is 28.7 Å². The van der Waals surface area contributed by atoms with Crippen molar-refractivity contribution in [2.75, 3.05) is 39.9 Å². The van der Waals surface area contributed by atoms with Gasteiger partial charge in [0.1, 0.15) is 36.8 Å². The number of ketones is 2. The quantitative estimate of drug-likeness (QED) is 0.131. The standard InChI is InChI=1S/C49H65N7O7/c1-5-6-7-8-10-33-12-15-37(31(2)25-33)48(60)56-22-18-36(53)30-41(56)49(61)55(4)46-35-14-17-45(63-24-21-52)39(29-35)38-27-34(13-16-44(38)62-23-20-51)28-40(42(57)11-9-19-50)54-47(59)32(3)26-43(46)58/h12-17,25,27,29,32,36,40-41,46H,5-11,18,20-24,26,28,30,51-53H2,1-4H3,(H,54,59)/t32-,36?,40+,41-,46+/m1/s1. The average molecular weight is 864 g/mol. The van der Waals surface area contributed by atoms with Gasteiger partial charge in [0.25, 0.3) is 5.91 Å². The van der Waals surface area contributed by atoms with Gasteiger partial charge in [0.15, 0.2) is 11.6 Å². The lowest BCUT2D eigenvalue weighted by molar-refractivity contribution is -0.143. The topological polar surface area (TPSA) is 224 Å². The first-order valence-corrected chi connectivity index (χ1v) is 22.4. The van der Waals surface area contributed by atoms with Gasteiger partial charge < -0.3 is 41.8 Å². The monoisotopic (exact) mass is 863 g/mol. The molecule has 0 spiro atoms. The van der Waals surface area contributed by atoms with Crippen LogP contribution in [0.3, 0.4) is 0 Å². The Bertz CT molecular complexity index is 2150. The lowest BCUT2D eigenvalue weighted by Crippen LogP contribution is -2.57. The van der Waals surface area contributed by atoms with Gasteiger partial charge in [-0.1, -0.05) is 57.4 Å². The van der Waals surface area contributed by atoms with Crippen LogP contribution in [0.25, 0.3) is 11.1 Å². The Balaban J connectivity index is 1.59. The molecule has 0 radical (unpaired) electrons. The van der Waals surface area contributed by atoms with E-state index in [9.17, 15) is 24.4 Å². The zero-order valence-corrected chi connectivity index (χ0v) is 37.3. The van der Waals surface area contributed by atoms with Crippen molar-refractivity contribution >= 4 is 29.3 Å². The summed E-state index contributed by atoms with van der Waals surface area (Å²) in [5.74, 6) is -2.03. The number of ether oxygens (including phenoxy) is 2. The van der Waals surface area contributed by atoms with Crippen molar-refractivity contribution in [1.29, 1.82) is 5.26 Å². The highest BCUT2D eigenvalue weighted by Crippen LogP contribution is 2.41. The molecule has 0 saturated carbocycles. The number of carbonyl (C=O) groups excluding carboxylic acids is 5. The highest BCUT2D eigenvalue weighted by atomic mass is 16.5. The minimum Gasteiger partial charge on any atom is -0.492 e. The van der Waals surface area contributed by atoms with Gasteiger partial charge in [0.05, 0.1) is 12.1 Å². The SMILES string of the molecule is CCCCCCc1ccc(C(=O)N2CCC(N)C[C@@H]2C(=O)N(C)[C@@H]2C(=O)C[C@@H](C)C(=O)N[C@H](C(=O)CCC#N)Cc3ccc(OCCN)c(c3)-c3cc2ccc3OCCN)c(C)c1. The second-order valence-electron chi connectivity index (χ2n) is 16.9. The summed E-state index contributed by atoms with van der Waals surface area (Å²) in [5, 5.41) is 12.1. The molecule has 2 aliphatic heterocycles. The molecular weight excluding hydrogens is 799 g/mol. The average Bonchev–Trinajstić information content (AvgIpc) is 3.27. The Morgan fingerprint density at radius 1 is 0.937 bits per heavy atom. The number of nitrogens with two attached hydrogens (primary N) is 3. The number of nitriles is 1. The minimum atomic E-state index is -1.22. The van der Waals surface area contributed by atoms with Crippen LogP contribution in [-0.2, 0) is 32.0 Å². The van der Waals surface area contributed by atoms with E-state index in [4.69, 9.17) is 26.7 Å². The Hall–Kier alpha value is -5.62. The molecule has 7 N–H and O–H groups in total. The van der Waals surface area contributed by atoms with Crippen LogP contribution >= 0.6 is 0 Å². The molecule has 1 unspecified atom stereocenters. The predicted molar refractivity (Wildman–Crippen MR) is 242 cm³/mol. The van der Waals surface area contributed by atoms with Crippen LogP contribution in [0.4, 0.5) is 0 Å². The van der Waals surface area contributed by atoms with Crippen molar-refractivity contribution in [1.82, 2.24) is 15.1 Å². The van der Waals surface area contributed by atoms with Gasteiger partial charge in [-0.05, 0) is 91.6 Å². The highest BCUT2D eigenvalue weighted by molar-refractivity contribution is 6.00. The minimum absolute atomic E-state index is 0.0208. The van der Waals surface area contributed by atoms with Gasteiger partial charge in [-0.2, -0.15) is 5.26 Å². The van der Waals surface area contributed by atoms with Crippen molar-refractivity contribution in [2.24, 2.45) is 23.1 Å². The third kappa shape index (κ3) is 12.3. The van der Waals surface area contributed by atoms with Crippen LogP contribution in [0.5, 0.6) is 11.5 Å². The molecule has 14 nitrogen and oxygen atoms in total. The molecule has 2 aliphatic rings. The van der Waals surface area contributed by atoms with Crippen LogP contribution in [0.15, 0.2) is 54.6 Å². The normalized spacial score (nSPS) is 20.2. The number of unbranched alkanes of at least 4 members (excludes halogenated alkanes) is 3. The lowest BCUT2D eigenvalue weighted by Gasteiger charge is -2.41. The Morgan fingerprint density at radius 2 is 1.63 bits per heavy atom. The van der Waals surface area contributed by atoms with Crippen molar-refractivity contribution in [3.63, 3.8) is 0 Å². The number of likely N-dealkylation sites (N-methyl/N-ethyl adjacent to an activating group) is 1. The number of hydrogen-bond acceptors (Lipinski definition) is 11. The summed E-state index contributed by atoms with van der Waals surface area (Å²) >= 11 is 0. The van der Waals surface area contributed by atoms with E-state index >= 15 is 4.79 Å². The van der Waals surface area contributed by atoms with Gasteiger partial charge in [0, 0.05) is 74.6 Å². The first kappa shape index (κ1) is 48.4. The molecule has 3 aromatic rings. The summed E-state index contributed by atoms with van der Waals surface area (Å²) in [6, 6.07) is 15.0. The molecule has 63 heavy (non-hydrogen) atoms. The molecule has 2 heterocycles. The number of likely N-dealkylation sites (tertiary alicyclic amines) is 1. The van der Waals surface area contributed by atoms with Crippen LogP contribution in [-0.4, -0.2) is 97.1 Å². The Kier molecular flexibility index (Phi) is 17.8. The molecule has 0 aromatic heterocycles. The van der Waals surface area contributed by atoms with Crippen molar-refractivity contribution in [3.05, 3.63) is 82.4 Å². The molecular formula is C49H65N7O7. The molecule has 338 valence electrons. The maximum atomic E-state index is 15.0. The van der Waals surface area contributed by atoms with Gasteiger partial charge in [-0.3, -0.25) is 24.0 Å². The van der Waals surface area contributed by atoms with Gasteiger partial charge >= 0.3 is 0 Å². The predicted octanol–water partition coefficient (Wildman–Crippen LogP) is 5.10. The summed E-state index contributed by atoms with van der Waals surface area (Å²) in [6.45, 7) is 6.77. The van der Waals surface area contributed by atoms with Gasteiger partial charge in [-0.25, -0.2) is 0 Å². The number of Topliss-reactive ketones (excluding diaryl/α,β-unsaturated/α-hetero) is 2. The number of aryl methyl sites for hydroxylation is 2. The van der Waals surface area contributed by atoms with E-state index in [1.165, 1.54) is 11.3 Å². The second-order valence-corrected chi connectivity index (χ2v) is 16.9. The number of hydrogen-bond donors (Lipinski definition) is 4. The van der Waals surface area contributed by atoms with E-state index in [-0.39, 0.29) is 82.7 Å². The van der Waals surface area contributed by atoms with E-state index in [2.05, 4.69) is 12.2 Å². The summed E-state index contributed by atoms with van der Waals surface area (Å²) in [5.41, 5.74) is 23.0. The van der Waals surface area contributed by atoms with Crippen molar-refractivity contribution < 1.29 is 33.4 Å². The molecule has 0 aliphatic carbocycles. The number of nitrogens with one attached hydrogen (secondary N) is 1. The molecule has 1 fully saturated rings. The molecule has 4 bridgehead atoms. The zero-order valence-electron chi connectivity index (χ0n) is 37.3. The van der Waals surface area contributed by atoms with Crippen LogP contribution < -0.4 is 32.0 Å². The lowest BCUT2D eigenvalue weighted by atomic mass is 9.88. The fraction of sp³-hybridized carbons (Fsp3) is 0.510. The first-order valence-electron chi connectivity index (χ1n) is 22.4. The molecule has 3 aromatic carbocycles. The van der Waals surface area contributed by atoms with E-state index in [1.807, 2.05) is 37.3 Å². The summed E-state index contributed by atoms with van der Waals surface area (Å²) in [6.07, 6.45) is 5.91. The zero-order chi connectivity index (χ0) is 45.6. The molecule has 5 atom stereocenters. The third-order valence-electron chi connectivity index (χ3n) is 12.1. The number of piperidine rings is 1. The Labute approximate surface area is 371 Å². The third-order valence-corrected chi connectivity index (χ3v) is 12.1. The molecule has 1 saturated heterocycles. The molecule has 3 amide bonds. The van der Waals surface area contributed by atoms with Gasteiger partial charge in [0.2, 0.25) is 11.8 Å². The van der Waals surface area contributed by atoms with Crippen LogP contribution in [0.2, 0.25) is 0 Å². The first-order chi connectivity index (χ1) is 30.3. The van der Waals surface area contributed by atoms with E-state index in [1.54, 1.807) is 49.2 Å². The van der Waals surface area contributed by atoms with Gasteiger partial charge in [-0.15, -0.1) is 0 Å². The maximum Gasteiger partial charge on any atom is 0.254 e. The largest absolute Gasteiger partial charge is 0.492 e. The van der Waals surface area contributed by atoms with E-state index in [0.717, 1.165) is 36.8 Å². The number of rotatable bonds is 17. The van der Waals surface area contributed by atoms with E-state index in [0.29, 0.717) is 45.7 Å². The fourth-order valence-corrected chi connectivity index (χ4v) is 8.58. The number of fused-ring (bicyclic) bond motifs is 5. The Morgan fingerprint density at radius 3 is 2.30 bits per heavy atom. The van der Waals surface area contributed by atoms with Crippen molar-refractivity contribution in [2.45, 2.75) is 116 Å². The number of carbonyl (C=O) groups is 5.